The molecule has 0 radical (unpaired) electrons. The van der Waals surface area contributed by atoms with Crippen LogP contribution in [0, 0.1) is 22.5 Å². The molecule has 12 rings (SSSR count). The van der Waals surface area contributed by atoms with E-state index >= 15 is 8.42 Å². The lowest BCUT2D eigenvalue weighted by atomic mass is 9.59. The predicted octanol–water partition coefficient (Wildman–Crippen LogP) is 6.41. The van der Waals surface area contributed by atoms with Crippen molar-refractivity contribution < 1.29 is 32.3 Å². The summed E-state index contributed by atoms with van der Waals surface area (Å²) >= 11 is 0. The first-order chi connectivity index (χ1) is 34.3. The van der Waals surface area contributed by atoms with Crippen molar-refractivity contribution >= 4 is 55.2 Å². The quantitative estimate of drug-likeness (QED) is 0.102. The van der Waals surface area contributed by atoms with Gasteiger partial charge in [0.15, 0.2) is 11.4 Å². The molecule has 1 spiro atoms. The third kappa shape index (κ3) is 8.13. The Hall–Kier alpha value is -5.99. The molecule has 71 heavy (non-hydrogen) atoms. The average molecular weight is 987 g/mol. The number of aromatic nitrogens is 2. The maximum atomic E-state index is 16.2. The fourth-order valence-electron chi connectivity index (χ4n) is 12.9. The van der Waals surface area contributed by atoms with Crippen LogP contribution in [0.1, 0.15) is 72.5 Å². The second-order valence-electron chi connectivity index (χ2n) is 21.0. The molecule has 0 bridgehead atoms. The molecule has 4 saturated heterocycles. The predicted molar refractivity (Wildman–Crippen MR) is 269 cm³/mol. The number of benzene rings is 3. The first-order valence-corrected chi connectivity index (χ1v) is 26.7. The van der Waals surface area contributed by atoms with Gasteiger partial charge in [-0.3, -0.25) is 24.7 Å². The molecular weight excluding hydrogens is 925 g/mol. The molecule has 2 aromatic heterocycles. The number of ether oxygens (including phenoxy) is 3. The number of aryl methyl sites for hydroxylation is 1. The van der Waals surface area contributed by atoms with Crippen molar-refractivity contribution in [2.45, 2.75) is 91.9 Å². The molecule has 1 amide bonds. The summed E-state index contributed by atoms with van der Waals surface area (Å²) in [5.41, 5.74) is 10.4. The van der Waals surface area contributed by atoms with Crippen LogP contribution in [-0.2, 0) is 14.6 Å². The Morgan fingerprint density at radius 2 is 1.77 bits per heavy atom. The highest BCUT2D eigenvalue weighted by Gasteiger charge is 2.51. The monoisotopic (exact) mass is 986 g/mol. The van der Waals surface area contributed by atoms with E-state index in [0.717, 1.165) is 76.3 Å². The summed E-state index contributed by atoms with van der Waals surface area (Å²) < 4.78 is 51.0. The number of likely N-dealkylation sites (tertiary alicyclic amines) is 1. The number of fused-ring (bicyclic) bond motifs is 4. The van der Waals surface area contributed by atoms with Crippen LogP contribution in [0.3, 0.4) is 0 Å². The number of piperidine rings is 1. The van der Waals surface area contributed by atoms with E-state index in [0.29, 0.717) is 61.8 Å². The van der Waals surface area contributed by atoms with E-state index in [1.807, 2.05) is 17.0 Å². The fourth-order valence-corrected chi connectivity index (χ4v) is 14.6. The van der Waals surface area contributed by atoms with Crippen LogP contribution in [0.4, 0.5) is 28.4 Å². The van der Waals surface area contributed by atoms with Gasteiger partial charge in [0.25, 0.3) is 11.6 Å². The molecule has 374 valence electrons. The summed E-state index contributed by atoms with van der Waals surface area (Å²) in [5.74, 6) is -0.508. The molecule has 4 N–H and O–H groups in total. The number of nitrogens with two attached hydrogens (primary N) is 1. The Morgan fingerprint density at radius 1 is 0.972 bits per heavy atom. The van der Waals surface area contributed by atoms with Gasteiger partial charge < -0.3 is 44.9 Å². The number of piperazine rings is 1. The topological polar surface area (TPSA) is 205 Å². The number of nitrogens with zero attached hydrogens (tertiary/aromatic N) is 7. The van der Waals surface area contributed by atoms with Crippen LogP contribution >= 0.6 is 0 Å². The van der Waals surface area contributed by atoms with Crippen molar-refractivity contribution in [2.75, 3.05) is 94.3 Å². The van der Waals surface area contributed by atoms with E-state index in [-0.39, 0.29) is 63.0 Å². The summed E-state index contributed by atoms with van der Waals surface area (Å²) in [7, 11) is -2.67. The van der Waals surface area contributed by atoms with E-state index in [9.17, 15) is 14.9 Å². The van der Waals surface area contributed by atoms with Crippen LogP contribution in [0.2, 0.25) is 0 Å². The number of nitrogens with one attached hydrogen (secondary N) is 2. The molecule has 8 heterocycles. The van der Waals surface area contributed by atoms with Crippen molar-refractivity contribution in [3.05, 3.63) is 93.7 Å². The van der Waals surface area contributed by atoms with E-state index in [1.54, 1.807) is 18.3 Å². The summed E-state index contributed by atoms with van der Waals surface area (Å²) in [5, 5.41) is 17.2. The first-order valence-electron chi connectivity index (χ1n) is 25.3. The zero-order valence-corrected chi connectivity index (χ0v) is 41.2. The molecule has 3 aromatic carbocycles. The van der Waals surface area contributed by atoms with Crippen LogP contribution in [0.15, 0.2) is 76.7 Å². The minimum Gasteiger partial charge on any atom is -0.489 e. The molecule has 19 heteroatoms. The van der Waals surface area contributed by atoms with E-state index in [4.69, 9.17) is 24.9 Å². The van der Waals surface area contributed by atoms with Gasteiger partial charge in [-0.1, -0.05) is 24.3 Å². The smallest absolute Gasteiger partial charge is 0.297 e. The van der Waals surface area contributed by atoms with E-state index in [2.05, 4.69) is 68.1 Å². The second-order valence-corrected chi connectivity index (χ2v) is 22.9. The van der Waals surface area contributed by atoms with Gasteiger partial charge in [-0.15, -0.1) is 0 Å². The number of likely N-dealkylation sites (N-methyl/N-ethyl adjacent to an activating group) is 1. The molecule has 0 unspecified atom stereocenters. The number of nitro benzene ring substituents is 1. The second kappa shape index (κ2) is 17.9. The van der Waals surface area contributed by atoms with Gasteiger partial charge in [-0.2, -0.15) is 4.98 Å². The standard InChI is InChI=1S/C52H62N10O8S/c1-32-6-3-4-7-37(32)39-8-5-16-60(39)35-27-52(28-35)13-17-59(18-14-52)41-10-9-38(49(53)63)47(61-40-12-23-68-31-45(40)70-51-43(61)24-33-11-15-54-50(33)56-51)48(41)71(66,67)36-25-42(62(64)65)46-44(26-36)69-30-34(55-46)29-58-21-19-57(2)20-22-58/h3-4,6-7,9-11,15,24-26,34-35,39-40,45,55H,5,8,12-14,16-23,27-31H2,1-2H3,(H2,53,63)(H,54,56)/t34-,39+,40+,45+/m1/s1. The lowest BCUT2D eigenvalue weighted by Crippen LogP contribution is -2.55. The molecule has 1 saturated carbocycles. The number of hydrogen-bond acceptors (Lipinski definition) is 15. The zero-order chi connectivity index (χ0) is 48.8. The fraction of sp³-hybridized carbons (Fsp3) is 0.500. The van der Waals surface area contributed by atoms with Crippen molar-refractivity contribution in [3.8, 4) is 11.6 Å². The highest BCUT2D eigenvalue weighted by molar-refractivity contribution is 7.91. The van der Waals surface area contributed by atoms with Crippen LogP contribution in [0.5, 0.6) is 11.6 Å². The van der Waals surface area contributed by atoms with Crippen molar-refractivity contribution in [1.82, 2.24) is 24.7 Å². The third-order valence-electron chi connectivity index (χ3n) is 16.7. The van der Waals surface area contributed by atoms with Gasteiger partial charge in [-0.25, -0.2) is 8.42 Å². The Bertz CT molecular complexity index is 3020. The van der Waals surface area contributed by atoms with Crippen LogP contribution in [0.25, 0.3) is 11.0 Å². The van der Waals surface area contributed by atoms with E-state index < -0.39 is 38.5 Å². The highest BCUT2D eigenvalue weighted by atomic mass is 32.2. The molecule has 5 fully saturated rings. The average Bonchev–Trinajstić information content (AvgIpc) is 4.04. The Morgan fingerprint density at radius 3 is 2.55 bits per heavy atom. The van der Waals surface area contributed by atoms with Crippen LogP contribution in [-0.4, -0.2) is 147 Å². The van der Waals surface area contributed by atoms with E-state index in [1.165, 1.54) is 23.6 Å². The Labute approximate surface area is 413 Å². The molecule has 18 nitrogen and oxygen atoms in total. The number of hydrogen-bond donors (Lipinski definition) is 3. The van der Waals surface area contributed by atoms with Gasteiger partial charge in [0.2, 0.25) is 15.7 Å². The number of aromatic amines is 1. The third-order valence-corrected chi connectivity index (χ3v) is 18.5. The number of rotatable bonds is 10. The van der Waals surface area contributed by atoms with Gasteiger partial charge in [0, 0.05) is 88.2 Å². The Balaban J connectivity index is 0.943. The van der Waals surface area contributed by atoms with Gasteiger partial charge >= 0.3 is 0 Å². The van der Waals surface area contributed by atoms with Gasteiger partial charge in [-0.05, 0) is 106 Å². The first kappa shape index (κ1) is 46.1. The number of nitro groups is 1. The maximum absolute atomic E-state index is 16.2. The molecule has 4 atom stereocenters. The highest BCUT2D eigenvalue weighted by Crippen LogP contribution is 2.56. The normalized spacial score (nSPS) is 24.9. The number of carbonyl (C=O) groups excluding carboxylic acids is 1. The number of carbonyl (C=O) groups is 1. The summed E-state index contributed by atoms with van der Waals surface area (Å²) in [6.45, 7) is 9.34. The van der Waals surface area contributed by atoms with Gasteiger partial charge in [0.05, 0.1) is 45.4 Å². The minimum atomic E-state index is -4.76. The largest absolute Gasteiger partial charge is 0.489 e. The number of H-pyrrole nitrogens is 1. The molecule has 6 aliphatic heterocycles. The van der Waals surface area contributed by atoms with Crippen molar-refractivity contribution in [1.29, 1.82) is 0 Å². The van der Waals surface area contributed by atoms with Crippen molar-refractivity contribution in [3.63, 3.8) is 0 Å². The summed E-state index contributed by atoms with van der Waals surface area (Å²) in [4.78, 5) is 45.2. The number of pyridine rings is 1. The minimum absolute atomic E-state index is 0.0131. The number of primary amides is 1. The molecule has 5 aromatic rings. The number of amides is 1. The lowest BCUT2D eigenvalue weighted by Gasteiger charge is -2.56. The molecular formula is C52H62N10O8S. The lowest BCUT2D eigenvalue weighted by molar-refractivity contribution is -0.384. The molecule has 1 aliphatic carbocycles. The maximum Gasteiger partial charge on any atom is 0.297 e. The van der Waals surface area contributed by atoms with Gasteiger partial charge in [0.1, 0.15) is 28.9 Å². The van der Waals surface area contributed by atoms with Crippen LogP contribution < -0.4 is 30.3 Å². The number of sulfone groups is 1. The number of anilines is 4. The summed E-state index contributed by atoms with van der Waals surface area (Å²) in [6, 6.07) is 18.5. The Kier molecular flexibility index (Phi) is 11.7. The zero-order valence-electron chi connectivity index (χ0n) is 40.3. The van der Waals surface area contributed by atoms with Crippen molar-refractivity contribution in [2.24, 2.45) is 11.1 Å². The summed E-state index contributed by atoms with van der Waals surface area (Å²) in [6.07, 6.45) is 7.84. The molecule has 7 aliphatic rings. The SMILES string of the molecule is Cc1ccccc1[C@@H]1CCCN1C1CC2(CCN(c3ccc(C(N)=O)c(N4c5cc6cc[nH]c6nc5O[C@H]5COCC[C@@H]54)c3S(=O)(=O)c3cc4c(c([N+](=O)[O-])c3)N[C@H](CN3CCN(C)CC3)CO4)CC2)C1.